The number of phenolic OH excluding ortho intramolecular Hbond substituents is 3. The number of piperidine rings is 1. The number of allylic oxidation sites excluding steroid dienone is 2. The maximum Gasteiger partial charge on any atom is 0.312 e. The van der Waals surface area contributed by atoms with E-state index in [0.717, 1.165) is 0 Å². The Hall–Kier alpha value is -5.32. The van der Waals surface area contributed by atoms with Crippen molar-refractivity contribution < 1.29 is 68.4 Å². The van der Waals surface area contributed by atoms with Crippen molar-refractivity contribution in [3.63, 3.8) is 0 Å². The van der Waals surface area contributed by atoms with Gasteiger partial charge in [0.2, 0.25) is 0 Å². The van der Waals surface area contributed by atoms with Crippen LogP contribution < -0.4 is 15.0 Å². The molecule has 6 rings (SSSR count). The summed E-state index contributed by atoms with van der Waals surface area (Å²) in [4.78, 5) is 55.1. The molecular weight excluding hydrogens is 792 g/mol. The summed E-state index contributed by atoms with van der Waals surface area (Å²) in [6, 6.07) is 0. The number of carbonyl (C=O) groups excluding carboxylic acids is 4. The monoisotopic (exact) mass is 852 g/mol. The van der Waals surface area contributed by atoms with E-state index in [0.29, 0.717) is 12.8 Å². The number of nitrogens with one attached hydrogen (secondary N) is 1. The number of nitrogens with zero attached hydrogens (tertiary/aromatic N) is 1. The minimum atomic E-state index is -2.07. The molecule has 61 heavy (non-hydrogen) atoms. The van der Waals surface area contributed by atoms with Gasteiger partial charge >= 0.3 is 17.7 Å². The summed E-state index contributed by atoms with van der Waals surface area (Å²) in [5.74, 6) is -9.26. The van der Waals surface area contributed by atoms with E-state index in [2.05, 4.69) is 5.32 Å². The van der Waals surface area contributed by atoms with Gasteiger partial charge in [-0.1, -0.05) is 45.9 Å². The molecule has 5 bridgehead atoms. The van der Waals surface area contributed by atoms with Gasteiger partial charge in [-0.05, 0) is 39.7 Å². The zero-order valence-electron chi connectivity index (χ0n) is 36.5. The number of Topliss-reactive ketones (excluding diaryl/α,β-unsaturated/α-hetero) is 1. The van der Waals surface area contributed by atoms with E-state index in [1.165, 1.54) is 53.2 Å². The Morgan fingerprint density at radius 3 is 2.20 bits per heavy atom. The fraction of sp³-hybridized carbons (Fsp3) is 0.556. The van der Waals surface area contributed by atoms with Gasteiger partial charge < -0.3 is 59.4 Å². The number of esters is 2. The third-order valence-electron chi connectivity index (χ3n) is 12.4. The number of ether oxygens (including phenoxy) is 5. The third kappa shape index (κ3) is 9.02. The lowest BCUT2D eigenvalue weighted by molar-refractivity contribution is -0.160. The van der Waals surface area contributed by atoms with Crippen molar-refractivity contribution in [1.29, 1.82) is 0 Å². The van der Waals surface area contributed by atoms with Gasteiger partial charge in [0.05, 0.1) is 48.0 Å². The van der Waals surface area contributed by atoms with Crippen LogP contribution in [0, 0.1) is 36.5 Å². The maximum absolute atomic E-state index is 14.5. The molecule has 4 aliphatic heterocycles. The second-order valence-electron chi connectivity index (χ2n) is 16.6. The van der Waals surface area contributed by atoms with E-state index in [1.807, 2.05) is 0 Å². The van der Waals surface area contributed by atoms with Gasteiger partial charge in [-0.25, -0.2) is 0 Å². The molecule has 16 nitrogen and oxygen atoms in total. The molecule has 16 heteroatoms. The normalized spacial score (nSPS) is 31.1. The van der Waals surface area contributed by atoms with Crippen LogP contribution in [0.3, 0.4) is 0 Å². The van der Waals surface area contributed by atoms with Crippen molar-refractivity contribution in [2.24, 2.45) is 29.6 Å². The second-order valence-corrected chi connectivity index (χ2v) is 16.6. The summed E-state index contributed by atoms with van der Waals surface area (Å²) in [5, 5.41) is 61.1. The Kier molecular flexibility index (Phi) is 14.4. The van der Waals surface area contributed by atoms with Crippen molar-refractivity contribution in [2.45, 2.75) is 105 Å². The molecule has 2 aromatic carbocycles. The number of hydrogen-bond acceptors (Lipinski definition) is 15. The summed E-state index contributed by atoms with van der Waals surface area (Å²) in [6.45, 7) is 14.8. The standard InChI is InChI=1S/C45H60N2O14/c1-11-58-44(56)28-15-18-47(19-16-28)34-33-38(52)31-30(39(34)53)32-41(26(7)37(31)51)61-45(9,42(32)54)59-20-17-29(57-10)23(4)40(60-27(8)48)25(6)36(50)24(5)35(49)21(2)13-12-14-22(3)43(55)46-33/h12-14,17,20-21,23-25,28-29,35-36,40,49-53H,11,15-16,18-19H2,1-10H3,(H,46,55)/b13-12-,20-17-,22-14-/t21-,23+,24+,25+,29-,35-,36+,40+,45-/m0/s1. The molecule has 0 unspecified atom stereocenters. The van der Waals surface area contributed by atoms with Gasteiger partial charge in [-0.2, -0.15) is 0 Å². The lowest BCUT2D eigenvalue weighted by Crippen LogP contribution is -2.46. The van der Waals surface area contributed by atoms with Gasteiger partial charge in [0.1, 0.15) is 34.7 Å². The first kappa shape index (κ1) is 46.7. The number of benzene rings is 2. The van der Waals surface area contributed by atoms with Crippen LogP contribution in [0.15, 0.2) is 36.1 Å². The van der Waals surface area contributed by atoms with Crippen LogP contribution in [0.2, 0.25) is 0 Å². The topological polar surface area (TPSA) is 231 Å². The van der Waals surface area contributed by atoms with E-state index in [9.17, 15) is 44.7 Å². The molecule has 9 atom stereocenters. The molecule has 1 saturated heterocycles. The largest absolute Gasteiger partial charge is 0.507 e. The van der Waals surface area contributed by atoms with E-state index in [-0.39, 0.29) is 70.3 Å². The Morgan fingerprint density at radius 2 is 1.59 bits per heavy atom. The number of aromatic hydroxyl groups is 3. The number of hydrogen-bond donors (Lipinski definition) is 6. The van der Waals surface area contributed by atoms with Crippen molar-refractivity contribution in [3.05, 3.63) is 47.3 Å². The average molecular weight is 853 g/mol. The minimum absolute atomic E-state index is 0.0413. The molecule has 0 spiro atoms. The molecule has 6 N–H and O–H groups in total. The summed E-state index contributed by atoms with van der Waals surface area (Å²) >= 11 is 0. The summed E-state index contributed by atoms with van der Waals surface area (Å²) in [7, 11) is 1.43. The Morgan fingerprint density at radius 1 is 0.934 bits per heavy atom. The van der Waals surface area contributed by atoms with Gasteiger partial charge in [-0.15, -0.1) is 0 Å². The molecule has 0 saturated carbocycles. The number of ketones is 1. The number of aliphatic hydroxyl groups excluding tert-OH is 2. The zero-order chi connectivity index (χ0) is 45.2. The SMILES string of the molecule is CCOC(=O)C1CCN(c2c3c(O)c4c(O)c(C)c5c(c4c2O)C(=O)[C@@](C)(O/C=C\[C@H](OC)[C@@H](C)[C@@H](OC(C)=O)[C@H](C)[C@H](O)[C@H](C)[C@@H](O)[C@@H](C)/C=C\C=C(\C)C(=O)N3)O5)CC1. The molecule has 4 aliphatic rings. The van der Waals surface area contributed by atoms with Gasteiger partial charge in [0.15, 0.2) is 5.75 Å². The lowest BCUT2D eigenvalue weighted by Gasteiger charge is -2.38. The van der Waals surface area contributed by atoms with Crippen LogP contribution in [0.4, 0.5) is 11.4 Å². The predicted octanol–water partition coefficient (Wildman–Crippen LogP) is 5.53. The summed E-state index contributed by atoms with van der Waals surface area (Å²) < 4.78 is 28.9. The van der Waals surface area contributed by atoms with Gasteiger partial charge in [-0.3, -0.25) is 19.2 Å². The van der Waals surface area contributed by atoms with E-state index in [1.54, 1.807) is 51.7 Å². The van der Waals surface area contributed by atoms with Crippen molar-refractivity contribution in [2.75, 3.05) is 37.0 Å². The number of phenols is 3. The number of amides is 1. The van der Waals surface area contributed by atoms with E-state index in [4.69, 9.17) is 23.7 Å². The summed E-state index contributed by atoms with van der Waals surface area (Å²) in [5.41, 5.74) is -0.287. The lowest BCUT2D eigenvalue weighted by atomic mass is 9.78. The first-order valence-electron chi connectivity index (χ1n) is 20.7. The van der Waals surface area contributed by atoms with Crippen LogP contribution in [0.1, 0.15) is 84.2 Å². The Bertz CT molecular complexity index is 2120. The highest BCUT2D eigenvalue weighted by Gasteiger charge is 2.50. The molecule has 4 heterocycles. The van der Waals surface area contributed by atoms with Crippen LogP contribution >= 0.6 is 0 Å². The fourth-order valence-electron chi connectivity index (χ4n) is 8.61. The second kappa shape index (κ2) is 18.7. The quantitative estimate of drug-likeness (QED) is 0.123. The highest BCUT2D eigenvalue weighted by Crippen LogP contribution is 2.58. The average Bonchev–Trinajstić information content (AvgIpc) is 3.49. The first-order valence-corrected chi connectivity index (χ1v) is 20.7. The van der Waals surface area contributed by atoms with E-state index >= 15 is 0 Å². The smallest absolute Gasteiger partial charge is 0.312 e. The molecule has 0 aliphatic carbocycles. The Balaban J connectivity index is 1.70. The highest BCUT2D eigenvalue weighted by molar-refractivity contribution is 6.23. The fourth-order valence-corrected chi connectivity index (χ4v) is 8.61. The van der Waals surface area contributed by atoms with Gasteiger partial charge in [0.25, 0.3) is 11.7 Å². The van der Waals surface area contributed by atoms with Crippen LogP contribution in [-0.2, 0) is 33.3 Å². The minimum Gasteiger partial charge on any atom is -0.507 e. The molecule has 0 radical (unpaired) electrons. The molecule has 1 fully saturated rings. The number of fused-ring (bicyclic) bond motifs is 14. The number of methoxy groups -OCH3 is 1. The van der Waals surface area contributed by atoms with Crippen LogP contribution in [0.5, 0.6) is 23.0 Å². The maximum atomic E-state index is 14.5. The summed E-state index contributed by atoms with van der Waals surface area (Å²) in [6.07, 6.45) is 4.10. The van der Waals surface area contributed by atoms with Crippen molar-refractivity contribution in [3.8, 4) is 23.0 Å². The van der Waals surface area contributed by atoms with Crippen LogP contribution in [-0.4, -0.2) is 106 Å². The van der Waals surface area contributed by atoms with Crippen molar-refractivity contribution in [1.82, 2.24) is 0 Å². The molecule has 2 aromatic rings. The number of carbonyl (C=O) groups is 4. The molecule has 334 valence electrons. The number of anilines is 2. The number of aliphatic hydroxyl groups is 2. The predicted molar refractivity (Wildman–Crippen MR) is 225 cm³/mol. The molecular formula is C45H60N2O14. The molecule has 0 aromatic heterocycles. The highest BCUT2D eigenvalue weighted by atomic mass is 16.7. The van der Waals surface area contributed by atoms with E-state index < -0.39 is 94.7 Å². The zero-order valence-corrected chi connectivity index (χ0v) is 36.5. The number of rotatable bonds is 5. The first-order chi connectivity index (χ1) is 28.7. The third-order valence-corrected chi connectivity index (χ3v) is 12.4. The van der Waals surface area contributed by atoms with Crippen molar-refractivity contribution >= 4 is 45.8 Å². The van der Waals surface area contributed by atoms with Gasteiger partial charge in [0, 0.05) is 74.2 Å². The Labute approximate surface area is 355 Å². The molecule has 1 amide bonds. The van der Waals surface area contributed by atoms with Crippen LogP contribution in [0.25, 0.3) is 10.8 Å².